The molecular weight excluding hydrogens is 294 g/mol. The minimum absolute atomic E-state index is 0.0243. The van der Waals surface area contributed by atoms with Crippen molar-refractivity contribution in [3.05, 3.63) is 42.0 Å². The topological polar surface area (TPSA) is 96.0 Å². The van der Waals surface area contributed by atoms with Crippen LogP contribution in [0.1, 0.15) is 30.1 Å². The van der Waals surface area contributed by atoms with Gasteiger partial charge in [-0.2, -0.15) is 0 Å². The van der Waals surface area contributed by atoms with E-state index in [0.29, 0.717) is 23.2 Å². The summed E-state index contributed by atoms with van der Waals surface area (Å²) < 4.78 is 0. The maximum Gasteiger partial charge on any atom is 0.320 e. The first-order valence-corrected chi connectivity index (χ1v) is 7.39. The van der Waals surface area contributed by atoms with Gasteiger partial charge in [0.25, 0.3) is 0 Å². The summed E-state index contributed by atoms with van der Waals surface area (Å²) in [6.45, 7) is 1.53. The van der Waals surface area contributed by atoms with Gasteiger partial charge in [-0.05, 0) is 56.2 Å². The highest BCUT2D eigenvalue weighted by Crippen LogP contribution is 2.19. The molecule has 1 heterocycles. The van der Waals surface area contributed by atoms with E-state index in [2.05, 4.69) is 26.1 Å². The van der Waals surface area contributed by atoms with Crippen LogP contribution in [0.25, 0.3) is 0 Å². The van der Waals surface area contributed by atoms with Crippen LogP contribution >= 0.6 is 0 Å². The Labute approximate surface area is 133 Å². The lowest BCUT2D eigenvalue weighted by Crippen LogP contribution is -2.30. The Morgan fingerprint density at radius 2 is 1.65 bits per heavy atom. The molecule has 3 rings (SSSR count). The summed E-state index contributed by atoms with van der Waals surface area (Å²) in [7, 11) is 0. The Balaban J connectivity index is 1.58. The van der Waals surface area contributed by atoms with Crippen molar-refractivity contribution in [2.45, 2.75) is 25.8 Å². The zero-order valence-electron chi connectivity index (χ0n) is 12.7. The lowest BCUT2D eigenvalue weighted by Gasteiger charge is -2.07. The molecule has 1 fully saturated rings. The van der Waals surface area contributed by atoms with Gasteiger partial charge < -0.3 is 10.6 Å². The minimum Gasteiger partial charge on any atom is -0.339 e. The van der Waals surface area contributed by atoms with Crippen LogP contribution in [-0.2, 0) is 0 Å². The number of aromatic nitrogens is 2. The summed E-state index contributed by atoms with van der Waals surface area (Å²) >= 11 is 0. The van der Waals surface area contributed by atoms with Crippen LogP contribution in [0.2, 0.25) is 0 Å². The molecule has 7 nitrogen and oxygen atoms in total. The molecule has 0 aliphatic heterocycles. The molecule has 0 atom stereocenters. The van der Waals surface area contributed by atoms with Crippen LogP contribution in [0.3, 0.4) is 0 Å². The van der Waals surface area contributed by atoms with Gasteiger partial charge in [-0.15, -0.1) is 10.2 Å². The average molecular weight is 311 g/mol. The Kier molecular flexibility index (Phi) is 4.18. The van der Waals surface area contributed by atoms with Crippen molar-refractivity contribution in [2.24, 2.45) is 0 Å². The molecule has 118 valence electrons. The summed E-state index contributed by atoms with van der Waals surface area (Å²) in [4.78, 5) is 22.8. The van der Waals surface area contributed by atoms with Gasteiger partial charge in [0.15, 0.2) is 17.4 Å². The molecule has 0 bridgehead atoms. The normalized spacial score (nSPS) is 13.3. The second-order valence-electron chi connectivity index (χ2n) is 5.44. The maximum atomic E-state index is 11.6. The van der Waals surface area contributed by atoms with E-state index < -0.39 is 0 Å². The quantitative estimate of drug-likeness (QED) is 0.738. The number of anilines is 3. The molecule has 0 saturated heterocycles. The third-order valence-corrected chi connectivity index (χ3v) is 3.38. The van der Waals surface area contributed by atoms with E-state index in [1.165, 1.54) is 6.92 Å². The van der Waals surface area contributed by atoms with Gasteiger partial charge in [-0.1, -0.05) is 0 Å². The number of amides is 2. The monoisotopic (exact) mass is 311 g/mol. The molecule has 2 amide bonds. The fraction of sp³-hybridized carbons (Fsp3) is 0.250. The summed E-state index contributed by atoms with van der Waals surface area (Å²) in [5.74, 6) is 0.964. The number of carbonyl (C=O) groups excluding carboxylic acids is 2. The van der Waals surface area contributed by atoms with E-state index in [-0.39, 0.29) is 11.8 Å². The van der Waals surface area contributed by atoms with E-state index in [9.17, 15) is 9.59 Å². The molecule has 2 aromatic rings. The van der Waals surface area contributed by atoms with Crippen LogP contribution in [0.15, 0.2) is 36.4 Å². The largest absolute Gasteiger partial charge is 0.339 e. The molecule has 1 aromatic heterocycles. The number of ketones is 1. The zero-order chi connectivity index (χ0) is 16.2. The third-order valence-electron chi connectivity index (χ3n) is 3.38. The summed E-state index contributed by atoms with van der Waals surface area (Å²) in [6.07, 6.45) is 2.06. The molecule has 0 unspecified atom stereocenters. The SMILES string of the molecule is CC(=O)c1ccc(Nc2ccc(NC(=O)NC3CC3)nn2)cc1. The molecule has 1 aliphatic rings. The number of Topliss-reactive ketones (excluding diaryl/α,β-unsaturated/α-hetero) is 1. The molecule has 1 aliphatic carbocycles. The Bertz CT molecular complexity index is 708. The molecule has 0 radical (unpaired) electrons. The number of nitrogens with zero attached hydrogens (tertiary/aromatic N) is 2. The summed E-state index contributed by atoms with van der Waals surface area (Å²) in [5.41, 5.74) is 1.46. The molecular formula is C16H17N5O2. The fourth-order valence-corrected chi connectivity index (χ4v) is 1.97. The average Bonchev–Trinajstić information content (AvgIpc) is 3.33. The molecule has 1 aromatic carbocycles. The highest BCUT2D eigenvalue weighted by atomic mass is 16.2. The third kappa shape index (κ3) is 4.26. The van der Waals surface area contributed by atoms with Crippen molar-refractivity contribution in [3.63, 3.8) is 0 Å². The highest BCUT2D eigenvalue weighted by molar-refractivity contribution is 5.94. The Morgan fingerprint density at radius 3 is 2.22 bits per heavy atom. The number of carbonyl (C=O) groups is 2. The summed E-state index contributed by atoms with van der Waals surface area (Å²) in [5, 5.41) is 16.5. The predicted molar refractivity (Wildman–Crippen MR) is 86.9 cm³/mol. The fourth-order valence-electron chi connectivity index (χ4n) is 1.97. The van der Waals surface area contributed by atoms with Crippen molar-refractivity contribution in [3.8, 4) is 0 Å². The number of hydrogen-bond donors (Lipinski definition) is 3. The van der Waals surface area contributed by atoms with Crippen LogP contribution in [0.4, 0.5) is 22.1 Å². The van der Waals surface area contributed by atoms with Crippen molar-refractivity contribution >= 4 is 29.1 Å². The summed E-state index contributed by atoms with van der Waals surface area (Å²) in [6, 6.07) is 10.5. The van der Waals surface area contributed by atoms with Crippen LogP contribution in [0, 0.1) is 0 Å². The van der Waals surface area contributed by atoms with E-state index in [0.717, 1.165) is 18.5 Å². The van der Waals surface area contributed by atoms with E-state index in [1.807, 2.05) is 0 Å². The molecule has 3 N–H and O–H groups in total. The van der Waals surface area contributed by atoms with Crippen molar-refractivity contribution in [1.29, 1.82) is 0 Å². The lowest BCUT2D eigenvalue weighted by molar-refractivity contribution is 0.101. The molecule has 0 spiro atoms. The highest BCUT2D eigenvalue weighted by Gasteiger charge is 2.23. The number of benzene rings is 1. The van der Waals surface area contributed by atoms with Crippen LogP contribution in [0.5, 0.6) is 0 Å². The first kappa shape index (κ1) is 15.0. The molecule has 1 saturated carbocycles. The zero-order valence-corrected chi connectivity index (χ0v) is 12.7. The minimum atomic E-state index is -0.262. The second kappa shape index (κ2) is 6.43. The van der Waals surface area contributed by atoms with Crippen LogP contribution in [-0.4, -0.2) is 28.1 Å². The number of nitrogens with one attached hydrogen (secondary N) is 3. The van der Waals surface area contributed by atoms with E-state index >= 15 is 0 Å². The maximum absolute atomic E-state index is 11.6. The van der Waals surface area contributed by atoms with E-state index in [1.54, 1.807) is 36.4 Å². The number of rotatable bonds is 5. The standard InChI is InChI=1S/C16H17N5O2/c1-10(22)11-2-4-12(5-3-11)17-14-8-9-15(21-20-14)19-16(23)18-13-6-7-13/h2-5,8-9,13H,6-7H2,1H3,(H,17,20)(H2,18,19,21,23). The van der Waals surface area contributed by atoms with Gasteiger partial charge in [-0.25, -0.2) is 4.79 Å². The van der Waals surface area contributed by atoms with Gasteiger partial charge in [0.2, 0.25) is 0 Å². The molecule has 7 heteroatoms. The van der Waals surface area contributed by atoms with Crippen molar-refractivity contribution in [2.75, 3.05) is 10.6 Å². The van der Waals surface area contributed by atoms with Gasteiger partial charge in [0, 0.05) is 17.3 Å². The first-order valence-electron chi connectivity index (χ1n) is 7.39. The lowest BCUT2D eigenvalue weighted by atomic mass is 10.1. The number of urea groups is 1. The Morgan fingerprint density at radius 1 is 1.00 bits per heavy atom. The number of hydrogen-bond acceptors (Lipinski definition) is 5. The van der Waals surface area contributed by atoms with E-state index in [4.69, 9.17) is 0 Å². The van der Waals surface area contributed by atoms with Crippen molar-refractivity contribution in [1.82, 2.24) is 15.5 Å². The van der Waals surface area contributed by atoms with Crippen molar-refractivity contribution < 1.29 is 9.59 Å². The van der Waals surface area contributed by atoms with Gasteiger partial charge in [0.05, 0.1) is 0 Å². The molecule has 23 heavy (non-hydrogen) atoms. The van der Waals surface area contributed by atoms with Gasteiger partial charge in [0.1, 0.15) is 0 Å². The Hall–Kier alpha value is -2.96. The smallest absolute Gasteiger partial charge is 0.320 e. The van der Waals surface area contributed by atoms with Crippen LogP contribution < -0.4 is 16.0 Å². The predicted octanol–water partition coefficient (Wildman–Crippen LogP) is 2.71. The second-order valence-corrected chi connectivity index (χ2v) is 5.44. The first-order chi connectivity index (χ1) is 11.1. The van der Waals surface area contributed by atoms with Gasteiger partial charge in [-0.3, -0.25) is 10.1 Å². The van der Waals surface area contributed by atoms with Gasteiger partial charge >= 0.3 is 6.03 Å².